The van der Waals surface area contributed by atoms with Crippen LogP contribution in [-0.2, 0) is 10.0 Å². The Balaban J connectivity index is 1.61. The first kappa shape index (κ1) is 21.1. The number of nitrogens with two attached hydrogens (primary N) is 1. The van der Waals surface area contributed by atoms with Gasteiger partial charge in [-0.1, -0.05) is 6.07 Å². The summed E-state index contributed by atoms with van der Waals surface area (Å²) in [4.78, 5) is 12.3. The fourth-order valence-electron chi connectivity index (χ4n) is 3.09. The second-order valence-corrected chi connectivity index (χ2v) is 8.42. The summed E-state index contributed by atoms with van der Waals surface area (Å²) >= 11 is 0. The molecule has 0 unspecified atom stereocenters. The summed E-state index contributed by atoms with van der Waals surface area (Å²) in [6.07, 6.45) is 4.07. The van der Waals surface area contributed by atoms with Crippen molar-refractivity contribution in [1.82, 2.24) is 9.97 Å². The second kappa shape index (κ2) is 8.18. The predicted octanol–water partition coefficient (Wildman–Crippen LogP) is 1.88. The van der Waals surface area contributed by atoms with Crippen LogP contribution in [-0.4, -0.2) is 18.4 Å². The van der Waals surface area contributed by atoms with Gasteiger partial charge in [0.1, 0.15) is 0 Å². The molecule has 4 rings (SSSR count). The highest BCUT2D eigenvalue weighted by molar-refractivity contribution is 7.89. The smallest absolute Gasteiger partial charge is 0.238 e. The summed E-state index contributed by atoms with van der Waals surface area (Å²) in [7, 11) is -3.90. The van der Waals surface area contributed by atoms with E-state index >= 15 is 0 Å². The molecule has 0 bridgehead atoms. The van der Waals surface area contributed by atoms with Crippen molar-refractivity contribution in [1.29, 1.82) is 5.26 Å². The number of hydrogen-bond acceptors (Lipinski definition) is 8. The molecule has 0 saturated heterocycles. The lowest BCUT2D eigenvalue weighted by atomic mass is 10.2. The van der Waals surface area contributed by atoms with Gasteiger partial charge in [0.2, 0.25) is 16.0 Å². The van der Waals surface area contributed by atoms with Crippen LogP contribution in [0.5, 0.6) is 0 Å². The van der Waals surface area contributed by atoms with E-state index in [2.05, 4.69) is 25.6 Å². The Morgan fingerprint density at radius 3 is 2.66 bits per heavy atom. The number of aryl methyl sites for hydroxylation is 1. The van der Waals surface area contributed by atoms with Gasteiger partial charge in [-0.05, 0) is 48.9 Å². The lowest BCUT2D eigenvalue weighted by Crippen LogP contribution is -2.21. The summed E-state index contributed by atoms with van der Waals surface area (Å²) < 4.78 is 37.8. The maximum Gasteiger partial charge on any atom is 0.238 e. The van der Waals surface area contributed by atoms with Crippen molar-refractivity contribution in [2.45, 2.75) is 11.8 Å². The lowest BCUT2D eigenvalue weighted by molar-refractivity contribution is 0.597. The zero-order valence-corrected chi connectivity index (χ0v) is 17.5. The number of benzene rings is 2. The number of fused-ring (bicyclic) bond motifs is 1. The number of allylic oxidation sites excluding steroid dienone is 2. The molecule has 1 aromatic heterocycles. The summed E-state index contributed by atoms with van der Waals surface area (Å²) in [5, 5.41) is 21.2. The SMILES string of the molecule is Cc1ccc(Nc2ncc(F)c(Nc3ccc4c(c3)=CC(=CC#N)N=4)n2)cc1S(N)(=O)=O. The maximum atomic E-state index is 14.3. The molecule has 1 aliphatic heterocycles. The van der Waals surface area contributed by atoms with Gasteiger partial charge >= 0.3 is 0 Å². The quantitative estimate of drug-likeness (QED) is 0.504. The van der Waals surface area contributed by atoms with E-state index in [1.54, 1.807) is 43.3 Å². The highest BCUT2D eigenvalue weighted by Crippen LogP contribution is 2.23. The van der Waals surface area contributed by atoms with Crippen molar-refractivity contribution in [2.24, 2.45) is 10.1 Å². The average Bonchev–Trinajstić information content (AvgIpc) is 3.13. The van der Waals surface area contributed by atoms with Gasteiger partial charge in [0.05, 0.1) is 28.2 Å². The first-order valence-electron chi connectivity index (χ1n) is 9.23. The molecule has 0 spiro atoms. The zero-order valence-electron chi connectivity index (χ0n) is 16.7. The molecule has 2 heterocycles. The normalized spacial score (nSPS) is 13.6. The van der Waals surface area contributed by atoms with Crippen LogP contribution in [0.15, 0.2) is 64.3 Å². The third kappa shape index (κ3) is 4.46. The third-order valence-electron chi connectivity index (χ3n) is 4.55. The van der Waals surface area contributed by atoms with E-state index in [4.69, 9.17) is 10.4 Å². The molecular weight excluding hydrogens is 433 g/mol. The molecule has 0 atom stereocenters. The van der Waals surface area contributed by atoms with Crippen molar-refractivity contribution in [3.05, 3.63) is 76.3 Å². The van der Waals surface area contributed by atoms with Gasteiger partial charge in [0, 0.05) is 22.7 Å². The number of hydrogen-bond donors (Lipinski definition) is 3. The first-order chi connectivity index (χ1) is 15.2. The molecule has 160 valence electrons. The van der Waals surface area contributed by atoms with Gasteiger partial charge in [-0.3, -0.25) is 0 Å². The lowest BCUT2D eigenvalue weighted by Gasteiger charge is -2.11. The van der Waals surface area contributed by atoms with Gasteiger partial charge in [-0.2, -0.15) is 10.2 Å². The van der Waals surface area contributed by atoms with Crippen molar-refractivity contribution < 1.29 is 12.8 Å². The summed E-state index contributed by atoms with van der Waals surface area (Å²) in [5.41, 5.74) is 1.97. The Bertz CT molecular complexity index is 1540. The van der Waals surface area contributed by atoms with E-state index in [0.29, 0.717) is 28.0 Å². The van der Waals surface area contributed by atoms with Crippen LogP contribution >= 0.6 is 0 Å². The number of nitriles is 1. The van der Waals surface area contributed by atoms with Crippen LogP contribution in [0.4, 0.5) is 27.5 Å². The minimum atomic E-state index is -3.90. The van der Waals surface area contributed by atoms with Crippen LogP contribution in [0.25, 0.3) is 6.08 Å². The molecule has 0 aliphatic carbocycles. The second-order valence-electron chi connectivity index (χ2n) is 6.89. The Hall–Kier alpha value is -4.14. The summed E-state index contributed by atoms with van der Waals surface area (Å²) in [5.74, 6) is -0.701. The standard InChI is InChI=1S/C21H16FN7O2S/c1-12-2-3-15(10-19(12)32(24,30)31)28-21-25-11-17(22)20(29-21)27-14-4-5-18-13(8-14)9-16(26-18)6-7-23/h2-6,8-11H,1H3,(H2,24,30,31)(H2,25,27,28,29). The molecular formula is C21H16FN7O2S. The largest absolute Gasteiger partial charge is 0.338 e. The highest BCUT2D eigenvalue weighted by Gasteiger charge is 2.14. The molecule has 1 aliphatic rings. The number of halogens is 1. The third-order valence-corrected chi connectivity index (χ3v) is 5.60. The molecule has 0 amide bonds. The minimum absolute atomic E-state index is 0.0346. The van der Waals surface area contributed by atoms with E-state index in [9.17, 15) is 12.8 Å². The fraction of sp³-hybridized carbons (Fsp3) is 0.0476. The van der Waals surface area contributed by atoms with Gasteiger partial charge in [0.15, 0.2) is 11.6 Å². The Labute approximate surface area is 182 Å². The van der Waals surface area contributed by atoms with Gasteiger partial charge in [0.25, 0.3) is 0 Å². The number of nitrogens with one attached hydrogen (secondary N) is 2. The van der Waals surface area contributed by atoms with E-state index in [1.807, 2.05) is 6.07 Å². The topological polar surface area (TPSA) is 146 Å². The van der Waals surface area contributed by atoms with Crippen LogP contribution in [0.2, 0.25) is 0 Å². The van der Waals surface area contributed by atoms with Crippen molar-refractivity contribution in [3.63, 3.8) is 0 Å². The summed E-state index contributed by atoms with van der Waals surface area (Å²) in [6.45, 7) is 1.63. The number of anilines is 4. The number of sulfonamides is 1. The van der Waals surface area contributed by atoms with Crippen molar-refractivity contribution >= 4 is 39.2 Å². The molecule has 0 radical (unpaired) electrons. The van der Waals surface area contributed by atoms with Crippen LogP contribution < -0.4 is 26.3 Å². The van der Waals surface area contributed by atoms with E-state index < -0.39 is 15.8 Å². The van der Waals surface area contributed by atoms with Crippen LogP contribution in [0.3, 0.4) is 0 Å². The monoisotopic (exact) mass is 449 g/mol. The molecule has 9 nitrogen and oxygen atoms in total. The van der Waals surface area contributed by atoms with Crippen LogP contribution in [0.1, 0.15) is 5.56 Å². The van der Waals surface area contributed by atoms with Crippen molar-refractivity contribution in [2.75, 3.05) is 10.6 Å². The van der Waals surface area contributed by atoms with E-state index in [-0.39, 0.29) is 16.7 Å². The zero-order chi connectivity index (χ0) is 22.9. The predicted molar refractivity (Wildman–Crippen MR) is 116 cm³/mol. The molecule has 3 aromatic rings. The maximum absolute atomic E-state index is 14.3. The number of aromatic nitrogens is 2. The van der Waals surface area contributed by atoms with Gasteiger partial charge in [-0.25, -0.2) is 27.9 Å². The molecule has 11 heteroatoms. The van der Waals surface area contributed by atoms with Crippen molar-refractivity contribution in [3.8, 4) is 6.07 Å². The Morgan fingerprint density at radius 1 is 1.16 bits per heavy atom. The average molecular weight is 449 g/mol. The molecule has 0 saturated carbocycles. The Kier molecular flexibility index (Phi) is 5.40. The molecule has 32 heavy (non-hydrogen) atoms. The number of rotatable bonds is 5. The summed E-state index contributed by atoms with van der Waals surface area (Å²) in [6, 6.07) is 11.7. The van der Waals surface area contributed by atoms with Gasteiger partial charge in [-0.15, -0.1) is 0 Å². The number of primary sulfonamides is 1. The molecule has 2 aromatic carbocycles. The first-order valence-corrected chi connectivity index (χ1v) is 10.8. The van der Waals surface area contributed by atoms with E-state index in [0.717, 1.165) is 11.4 Å². The Morgan fingerprint density at radius 2 is 1.91 bits per heavy atom. The minimum Gasteiger partial charge on any atom is -0.338 e. The molecule has 4 N–H and O–H groups in total. The highest BCUT2D eigenvalue weighted by atomic mass is 32.2. The van der Waals surface area contributed by atoms with Gasteiger partial charge < -0.3 is 10.6 Å². The number of nitrogens with zero attached hydrogens (tertiary/aromatic N) is 4. The van der Waals surface area contributed by atoms with E-state index in [1.165, 1.54) is 12.1 Å². The van der Waals surface area contributed by atoms with Crippen LogP contribution in [0, 0.1) is 24.1 Å². The molecule has 0 fully saturated rings. The fourth-order valence-corrected chi connectivity index (χ4v) is 3.89.